The number of hydrogen-bond acceptors (Lipinski definition) is 4. The topological polar surface area (TPSA) is 105 Å². The van der Waals surface area contributed by atoms with Gasteiger partial charge in [0.25, 0.3) is 5.91 Å². The normalized spacial score (nSPS) is 15.2. The van der Waals surface area contributed by atoms with E-state index in [9.17, 15) is 14.4 Å². The van der Waals surface area contributed by atoms with Gasteiger partial charge in [0.05, 0.1) is 11.1 Å². The smallest absolute Gasteiger partial charge is 0.255 e. The van der Waals surface area contributed by atoms with E-state index >= 15 is 0 Å². The van der Waals surface area contributed by atoms with Crippen LogP contribution in [0.3, 0.4) is 0 Å². The molecule has 1 aliphatic heterocycles. The van der Waals surface area contributed by atoms with Gasteiger partial charge in [-0.15, -0.1) is 0 Å². The molecule has 7 nitrogen and oxygen atoms in total. The van der Waals surface area contributed by atoms with Crippen molar-refractivity contribution in [3.05, 3.63) is 78.0 Å². The number of nitrogens with one attached hydrogen (secondary N) is 1. The second kappa shape index (κ2) is 10.3. The zero-order valence-corrected chi connectivity index (χ0v) is 18.4. The lowest BCUT2D eigenvalue weighted by molar-refractivity contribution is -0.127. The van der Waals surface area contributed by atoms with E-state index in [-0.39, 0.29) is 30.2 Å². The standard InChI is InChI=1S/C26H28N4O3/c27-24(31)16-22(14-18-6-2-1-3-7-18)29-25(32)19-10-12-30(13-11-19)26(33)21-15-20-8-4-5-9-23(20)28-17-21/h1-9,15,17,19,22H,10-14,16H2,(H2,27,31)(H,29,32). The average molecular weight is 445 g/mol. The Morgan fingerprint density at radius 1 is 1.03 bits per heavy atom. The van der Waals surface area contributed by atoms with Crippen LogP contribution in [-0.2, 0) is 16.0 Å². The Labute approximate surface area is 193 Å². The van der Waals surface area contributed by atoms with E-state index in [0.29, 0.717) is 37.9 Å². The van der Waals surface area contributed by atoms with Gasteiger partial charge < -0.3 is 16.0 Å². The maximum Gasteiger partial charge on any atom is 0.255 e. The van der Waals surface area contributed by atoms with Crippen molar-refractivity contribution >= 4 is 28.6 Å². The largest absolute Gasteiger partial charge is 0.370 e. The van der Waals surface area contributed by atoms with Gasteiger partial charge in [0.1, 0.15) is 0 Å². The van der Waals surface area contributed by atoms with Gasteiger partial charge >= 0.3 is 0 Å². The van der Waals surface area contributed by atoms with Gasteiger partial charge in [0, 0.05) is 43.1 Å². The van der Waals surface area contributed by atoms with E-state index in [1.54, 1.807) is 11.1 Å². The molecule has 3 N–H and O–H groups in total. The highest BCUT2D eigenvalue weighted by Gasteiger charge is 2.29. The number of likely N-dealkylation sites (tertiary alicyclic amines) is 1. The summed E-state index contributed by atoms with van der Waals surface area (Å²) in [4.78, 5) is 43.5. The third-order valence-electron chi connectivity index (χ3n) is 6.11. The fourth-order valence-electron chi connectivity index (χ4n) is 4.35. The highest BCUT2D eigenvalue weighted by molar-refractivity contribution is 5.97. The van der Waals surface area contributed by atoms with Crippen molar-refractivity contribution in [1.82, 2.24) is 15.2 Å². The molecule has 4 rings (SSSR count). The molecule has 0 bridgehead atoms. The van der Waals surface area contributed by atoms with Crippen LogP contribution in [0.4, 0.5) is 0 Å². The molecule has 0 radical (unpaired) electrons. The number of nitrogens with zero attached hydrogens (tertiary/aromatic N) is 2. The number of aromatic nitrogens is 1. The molecule has 7 heteroatoms. The molecule has 1 unspecified atom stereocenters. The lowest BCUT2D eigenvalue weighted by atomic mass is 9.94. The Hall–Kier alpha value is -3.74. The maximum absolute atomic E-state index is 13.0. The monoisotopic (exact) mass is 444 g/mol. The van der Waals surface area contributed by atoms with Gasteiger partial charge in [-0.1, -0.05) is 48.5 Å². The quantitative estimate of drug-likeness (QED) is 0.584. The molecular weight excluding hydrogens is 416 g/mol. The number of nitrogens with two attached hydrogens (primary N) is 1. The fraction of sp³-hybridized carbons (Fsp3) is 0.308. The second-order valence-corrected chi connectivity index (χ2v) is 8.55. The van der Waals surface area contributed by atoms with Crippen molar-refractivity contribution in [1.29, 1.82) is 0 Å². The molecule has 0 aliphatic carbocycles. The average Bonchev–Trinajstić information content (AvgIpc) is 2.83. The van der Waals surface area contributed by atoms with Gasteiger partial charge in [-0.25, -0.2) is 0 Å². The molecule has 0 saturated carbocycles. The summed E-state index contributed by atoms with van der Waals surface area (Å²) in [7, 11) is 0. The van der Waals surface area contributed by atoms with Crippen LogP contribution in [-0.4, -0.2) is 46.7 Å². The minimum atomic E-state index is -0.444. The number of pyridine rings is 1. The van der Waals surface area contributed by atoms with Crippen molar-refractivity contribution in [2.24, 2.45) is 11.7 Å². The predicted molar refractivity (Wildman–Crippen MR) is 126 cm³/mol. The van der Waals surface area contributed by atoms with Crippen LogP contribution in [0.15, 0.2) is 66.9 Å². The Bertz CT molecular complexity index is 1140. The molecule has 0 spiro atoms. The summed E-state index contributed by atoms with van der Waals surface area (Å²) in [6.45, 7) is 1.01. The summed E-state index contributed by atoms with van der Waals surface area (Å²) in [6, 6.07) is 18.9. The number of para-hydroxylation sites is 1. The fourth-order valence-corrected chi connectivity index (χ4v) is 4.35. The molecule has 1 fully saturated rings. The number of hydrogen-bond donors (Lipinski definition) is 2. The summed E-state index contributed by atoms with van der Waals surface area (Å²) in [5, 5.41) is 3.94. The summed E-state index contributed by atoms with van der Waals surface area (Å²) >= 11 is 0. The first-order valence-electron chi connectivity index (χ1n) is 11.3. The lowest BCUT2D eigenvalue weighted by Gasteiger charge is -2.32. The third kappa shape index (κ3) is 5.74. The lowest BCUT2D eigenvalue weighted by Crippen LogP contribution is -2.46. The van der Waals surface area contributed by atoms with Gasteiger partial charge in [-0.3, -0.25) is 19.4 Å². The number of rotatable bonds is 7. The van der Waals surface area contributed by atoms with Crippen LogP contribution >= 0.6 is 0 Å². The molecule has 3 amide bonds. The van der Waals surface area contributed by atoms with Gasteiger partial charge in [0.2, 0.25) is 11.8 Å². The second-order valence-electron chi connectivity index (χ2n) is 8.55. The Balaban J connectivity index is 1.34. The highest BCUT2D eigenvalue weighted by Crippen LogP contribution is 2.21. The van der Waals surface area contributed by atoms with Crippen molar-refractivity contribution in [2.75, 3.05) is 13.1 Å². The molecule has 2 heterocycles. The van der Waals surface area contributed by atoms with Crippen LogP contribution in [0.2, 0.25) is 0 Å². The first kappa shape index (κ1) is 22.5. The van der Waals surface area contributed by atoms with E-state index in [1.807, 2.05) is 60.7 Å². The minimum absolute atomic E-state index is 0.0669. The van der Waals surface area contributed by atoms with Crippen molar-refractivity contribution < 1.29 is 14.4 Å². The van der Waals surface area contributed by atoms with Crippen molar-refractivity contribution in [3.8, 4) is 0 Å². The van der Waals surface area contributed by atoms with Gasteiger partial charge in [-0.05, 0) is 37.0 Å². The van der Waals surface area contributed by atoms with Crippen LogP contribution in [0.25, 0.3) is 10.9 Å². The predicted octanol–water partition coefficient (Wildman–Crippen LogP) is 2.69. The van der Waals surface area contributed by atoms with Gasteiger partial charge in [0.15, 0.2) is 0 Å². The molecule has 1 aromatic heterocycles. The van der Waals surface area contributed by atoms with Crippen LogP contribution < -0.4 is 11.1 Å². The Morgan fingerprint density at radius 2 is 1.73 bits per heavy atom. The van der Waals surface area contributed by atoms with E-state index in [1.165, 1.54) is 0 Å². The Morgan fingerprint density at radius 3 is 2.45 bits per heavy atom. The van der Waals surface area contributed by atoms with Crippen LogP contribution in [0, 0.1) is 5.92 Å². The van der Waals surface area contributed by atoms with E-state index in [0.717, 1.165) is 16.5 Å². The SMILES string of the molecule is NC(=O)CC(Cc1ccccc1)NC(=O)C1CCN(C(=O)c2cnc3ccccc3c2)CC1. The number of amides is 3. The van der Waals surface area contributed by atoms with E-state index < -0.39 is 5.91 Å². The number of fused-ring (bicyclic) bond motifs is 1. The first-order chi connectivity index (χ1) is 16.0. The molecule has 1 atom stereocenters. The molecule has 1 aliphatic rings. The van der Waals surface area contributed by atoms with Crippen LogP contribution in [0.5, 0.6) is 0 Å². The number of piperidine rings is 1. The van der Waals surface area contributed by atoms with E-state index in [4.69, 9.17) is 5.73 Å². The van der Waals surface area contributed by atoms with Gasteiger partial charge in [-0.2, -0.15) is 0 Å². The number of benzene rings is 2. The highest BCUT2D eigenvalue weighted by atomic mass is 16.2. The maximum atomic E-state index is 13.0. The zero-order chi connectivity index (χ0) is 23.2. The number of carbonyl (C=O) groups excluding carboxylic acids is 3. The third-order valence-corrected chi connectivity index (χ3v) is 6.11. The molecular formula is C26H28N4O3. The summed E-state index contributed by atoms with van der Waals surface area (Å²) in [5.74, 6) is -0.796. The summed E-state index contributed by atoms with van der Waals surface area (Å²) < 4.78 is 0. The molecule has 1 saturated heterocycles. The summed E-state index contributed by atoms with van der Waals surface area (Å²) in [6.07, 6.45) is 3.40. The Kier molecular flexibility index (Phi) is 6.98. The zero-order valence-electron chi connectivity index (χ0n) is 18.4. The number of carbonyl (C=O) groups is 3. The van der Waals surface area contributed by atoms with Crippen LogP contribution in [0.1, 0.15) is 35.2 Å². The molecule has 2 aromatic carbocycles. The van der Waals surface area contributed by atoms with Crippen molar-refractivity contribution in [3.63, 3.8) is 0 Å². The minimum Gasteiger partial charge on any atom is -0.370 e. The van der Waals surface area contributed by atoms with E-state index in [2.05, 4.69) is 10.3 Å². The number of primary amides is 1. The summed E-state index contributed by atoms with van der Waals surface area (Å²) in [5.41, 5.74) is 7.85. The molecule has 3 aromatic rings. The molecule has 33 heavy (non-hydrogen) atoms. The van der Waals surface area contributed by atoms with Crippen molar-refractivity contribution in [2.45, 2.75) is 31.7 Å². The molecule has 170 valence electrons. The first-order valence-corrected chi connectivity index (χ1v) is 11.3.